The van der Waals surface area contributed by atoms with Gasteiger partial charge in [0.15, 0.2) is 0 Å². The van der Waals surface area contributed by atoms with Gasteiger partial charge in [-0.15, -0.1) is 0 Å². The van der Waals surface area contributed by atoms with E-state index in [1.165, 1.54) is 0 Å². The molecule has 0 aliphatic heterocycles. The first-order chi connectivity index (χ1) is 8.40. The fourth-order valence-electron chi connectivity index (χ4n) is 1.15. The normalized spacial score (nSPS) is 14.1. The molecular formula is C11H26N2O4S. The van der Waals surface area contributed by atoms with Crippen molar-refractivity contribution >= 4 is 10.0 Å². The third-order valence-electron chi connectivity index (χ3n) is 2.32. The Balaban J connectivity index is 3.78. The Morgan fingerprint density at radius 1 is 1.11 bits per heavy atom. The predicted molar refractivity (Wildman–Crippen MR) is 72.2 cm³/mol. The van der Waals surface area contributed by atoms with Crippen LogP contribution in [-0.2, 0) is 19.5 Å². The molecule has 0 radical (unpaired) electrons. The summed E-state index contributed by atoms with van der Waals surface area (Å²) >= 11 is 0. The van der Waals surface area contributed by atoms with Crippen LogP contribution in [0.1, 0.15) is 20.8 Å². The van der Waals surface area contributed by atoms with Crippen LogP contribution in [0, 0.1) is 0 Å². The molecule has 1 atom stereocenters. The lowest BCUT2D eigenvalue weighted by molar-refractivity contribution is 0.0736. The van der Waals surface area contributed by atoms with Gasteiger partial charge in [0.1, 0.15) is 0 Å². The molecule has 0 rings (SSSR count). The van der Waals surface area contributed by atoms with Crippen molar-refractivity contribution in [1.82, 2.24) is 10.0 Å². The van der Waals surface area contributed by atoms with Crippen molar-refractivity contribution in [3.63, 3.8) is 0 Å². The van der Waals surface area contributed by atoms with Crippen LogP contribution in [0.25, 0.3) is 0 Å². The smallest absolute Gasteiger partial charge is 0.215 e. The molecule has 0 saturated heterocycles. The van der Waals surface area contributed by atoms with Crippen molar-refractivity contribution < 1.29 is 17.9 Å². The predicted octanol–water partition coefficient (Wildman–Crippen LogP) is -0.0447. The topological polar surface area (TPSA) is 76.7 Å². The molecule has 0 saturated carbocycles. The SMILES string of the molecule is COCCOCCNS(=O)(=O)C(C)CNC(C)C. The van der Waals surface area contributed by atoms with Gasteiger partial charge in [0.25, 0.3) is 0 Å². The minimum atomic E-state index is -3.27. The first-order valence-electron chi connectivity index (χ1n) is 6.18. The molecule has 18 heavy (non-hydrogen) atoms. The van der Waals surface area contributed by atoms with Gasteiger partial charge in [0.05, 0.1) is 25.1 Å². The number of rotatable bonds is 11. The summed E-state index contributed by atoms with van der Waals surface area (Å²) in [6.45, 7) is 7.73. The first-order valence-corrected chi connectivity index (χ1v) is 7.73. The molecular weight excluding hydrogens is 256 g/mol. The number of hydrogen-bond donors (Lipinski definition) is 2. The third kappa shape index (κ3) is 8.82. The minimum Gasteiger partial charge on any atom is -0.382 e. The Kier molecular flexibility index (Phi) is 9.57. The van der Waals surface area contributed by atoms with Crippen LogP contribution in [-0.4, -0.2) is 59.7 Å². The largest absolute Gasteiger partial charge is 0.382 e. The molecule has 1 unspecified atom stereocenters. The summed E-state index contributed by atoms with van der Waals surface area (Å²) in [5.74, 6) is 0. The van der Waals surface area contributed by atoms with Gasteiger partial charge in [-0.25, -0.2) is 13.1 Å². The van der Waals surface area contributed by atoms with Gasteiger partial charge in [-0.3, -0.25) is 0 Å². The van der Waals surface area contributed by atoms with E-state index in [1.807, 2.05) is 13.8 Å². The number of ether oxygens (including phenoxy) is 2. The first kappa shape index (κ1) is 17.8. The molecule has 0 heterocycles. The Morgan fingerprint density at radius 2 is 1.78 bits per heavy atom. The average Bonchev–Trinajstić information content (AvgIpc) is 2.30. The maximum absolute atomic E-state index is 11.8. The highest BCUT2D eigenvalue weighted by Gasteiger charge is 2.19. The molecule has 0 amide bonds. The van der Waals surface area contributed by atoms with Crippen molar-refractivity contribution in [2.24, 2.45) is 0 Å². The highest BCUT2D eigenvalue weighted by Crippen LogP contribution is 1.97. The molecule has 2 N–H and O–H groups in total. The Labute approximate surface area is 110 Å². The van der Waals surface area contributed by atoms with E-state index < -0.39 is 15.3 Å². The summed E-state index contributed by atoms with van der Waals surface area (Å²) < 4.78 is 36.1. The van der Waals surface area contributed by atoms with Gasteiger partial charge < -0.3 is 14.8 Å². The number of methoxy groups -OCH3 is 1. The van der Waals surface area contributed by atoms with E-state index in [-0.39, 0.29) is 12.6 Å². The average molecular weight is 282 g/mol. The molecule has 0 bridgehead atoms. The van der Waals surface area contributed by atoms with Crippen LogP contribution in [0.4, 0.5) is 0 Å². The van der Waals surface area contributed by atoms with E-state index >= 15 is 0 Å². The highest BCUT2D eigenvalue weighted by molar-refractivity contribution is 7.90. The molecule has 0 fully saturated rings. The van der Waals surface area contributed by atoms with Crippen molar-refractivity contribution in [2.75, 3.05) is 40.0 Å². The molecule has 110 valence electrons. The number of nitrogens with one attached hydrogen (secondary N) is 2. The van der Waals surface area contributed by atoms with E-state index in [9.17, 15) is 8.42 Å². The maximum Gasteiger partial charge on any atom is 0.215 e. The van der Waals surface area contributed by atoms with Crippen molar-refractivity contribution in [3.05, 3.63) is 0 Å². The van der Waals surface area contributed by atoms with Gasteiger partial charge in [-0.1, -0.05) is 13.8 Å². The molecule has 0 aliphatic rings. The van der Waals surface area contributed by atoms with Crippen LogP contribution in [0.15, 0.2) is 0 Å². The lowest BCUT2D eigenvalue weighted by Gasteiger charge is -2.16. The number of sulfonamides is 1. The summed E-state index contributed by atoms with van der Waals surface area (Å²) in [6.07, 6.45) is 0. The van der Waals surface area contributed by atoms with E-state index in [0.717, 1.165) is 0 Å². The summed E-state index contributed by atoms with van der Waals surface area (Å²) in [7, 11) is -1.68. The molecule has 0 aliphatic carbocycles. The Hall–Kier alpha value is -0.210. The number of hydrogen-bond acceptors (Lipinski definition) is 5. The van der Waals surface area contributed by atoms with Crippen LogP contribution < -0.4 is 10.0 Å². The zero-order chi connectivity index (χ0) is 14.0. The second-order valence-electron chi connectivity index (χ2n) is 4.42. The van der Waals surface area contributed by atoms with E-state index in [1.54, 1.807) is 14.0 Å². The quantitative estimate of drug-likeness (QED) is 0.520. The second kappa shape index (κ2) is 9.69. The van der Waals surface area contributed by atoms with Crippen LogP contribution in [0.3, 0.4) is 0 Å². The van der Waals surface area contributed by atoms with Crippen LogP contribution in [0.5, 0.6) is 0 Å². The minimum absolute atomic E-state index is 0.278. The summed E-state index contributed by atoms with van der Waals surface area (Å²) in [5, 5.41) is 2.64. The lowest BCUT2D eigenvalue weighted by Crippen LogP contribution is -2.41. The van der Waals surface area contributed by atoms with Crippen molar-refractivity contribution in [3.8, 4) is 0 Å². The lowest BCUT2D eigenvalue weighted by atomic mass is 10.3. The zero-order valence-corrected chi connectivity index (χ0v) is 12.5. The summed E-state index contributed by atoms with van der Waals surface area (Å²) in [4.78, 5) is 0. The van der Waals surface area contributed by atoms with Gasteiger partial charge in [0.2, 0.25) is 10.0 Å². The van der Waals surface area contributed by atoms with Gasteiger partial charge in [-0.05, 0) is 6.92 Å². The zero-order valence-electron chi connectivity index (χ0n) is 11.7. The highest BCUT2D eigenvalue weighted by atomic mass is 32.2. The van der Waals surface area contributed by atoms with Crippen LogP contribution in [0.2, 0.25) is 0 Å². The standard InChI is InChI=1S/C11H26N2O4S/c1-10(2)12-9-11(3)18(14,15)13-5-6-17-8-7-16-4/h10-13H,5-9H2,1-4H3. The Morgan fingerprint density at radius 3 is 2.33 bits per heavy atom. The van der Waals surface area contributed by atoms with E-state index in [2.05, 4.69) is 10.0 Å². The fourth-order valence-corrected chi connectivity index (χ4v) is 2.12. The monoisotopic (exact) mass is 282 g/mol. The maximum atomic E-state index is 11.8. The molecule has 0 spiro atoms. The van der Waals surface area contributed by atoms with Gasteiger partial charge >= 0.3 is 0 Å². The second-order valence-corrected chi connectivity index (χ2v) is 6.60. The summed E-state index contributed by atoms with van der Waals surface area (Å²) in [5.41, 5.74) is 0. The Bertz CT molecular complexity index is 293. The molecule has 7 heteroatoms. The molecule has 0 aromatic carbocycles. The van der Waals surface area contributed by atoms with Crippen molar-refractivity contribution in [1.29, 1.82) is 0 Å². The van der Waals surface area contributed by atoms with Crippen LogP contribution >= 0.6 is 0 Å². The third-order valence-corrected chi connectivity index (χ3v) is 4.16. The van der Waals surface area contributed by atoms with Gasteiger partial charge in [-0.2, -0.15) is 0 Å². The van der Waals surface area contributed by atoms with Crippen molar-refractivity contribution in [2.45, 2.75) is 32.1 Å². The fraction of sp³-hybridized carbons (Fsp3) is 1.00. The van der Waals surface area contributed by atoms with Gasteiger partial charge in [0, 0.05) is 26.2 Å². The summed E-state index contributed by atoms with van der Waals surface area (Å²) in [6, 6.07) is 0.278. The molecule has 0 aromatic rings. The van der Waals surface area contributed by atoms with E-state index in [0.29, 0.717) is 26.4 Å². The van der Waals surface area contributed by atoms with E-state index in [4.69, 9.17) is 9.47 Å². The molecule has 0 aromatic heterocycles. The molecule has 6 nitrogen and oxygen atoms in total.